The van der Waals surface area contributed by atoms with E-state index in [1.165, 1.54) is 7.11 Å². The van der Waals surface area contributed by atoms with Gasteiger partial charge in [0, 0.05) is 11.4 Å². The van der Waals surface area contributed by atoms with Gasteiger partial charge in [-0.2, -0.15) is 0 Å². The molecular weight excluding hydrogens is 250 g/mol. The molecule has 0 amide bonds. The van der Waals surface area contributed by atoms with E-state index >= 15 is 0 Å². The van der Waals surface area contributed by atoms with Crippen LogP contribution in [0.5, 0.6) is 0 Å². The van der Waals surface area contributed by atoms with Crippen molar-refractivity contribution in [3.05, 3.63) is 11.8 Å². The summed E-state index contributed by atoms with van der Waals surface area (Å²) >= 11 is 1.63. The SMILES string of the molecule is COC(=O)CC1(CSc2cc(C)nc(N)n2)CC1. The summed E-state index contributed by atoms with van der Waals surface area (Å²) in [5.41, 5.74) is 6.57. The van der Waals surface area contributed by atoms with Crippen LogP contribution in [0.2, 0.25) is 0 Å². The first-order valence-electron chi connectivity index (χ1n) is 5.84. The minimum atomic E-state index is -0.133. The Labute approximate surface area is 111 Å². The molecule has 6 heteroatoms. The number of aryl methyl sites for hydroxylation is 1. The van der Waals surface area contributed by atoms with Gasteiger partial charge in [-0.15, -0.1) is 11.8 Å². The lowest BCUT2D eigenvalue weighted by Gasteiger charge is -2.12. The molecule has 0 unspecified atom stereocenters. The van der Waals surface area contributed by atoms with Gasteiger partial charge in [-0.3, -0.25) is 4.79 Å². The van der Waals surface area contributed by atoms with Gasteiger partial charge in [0.05, 0.1) is 13.5 Å². The maximum Gasteiger partial charge on any atom is 0.306 e. The number of anilines is 1. The molecule has 0 bridgehead atoms. The molecule has 1 aromatic rings. The third-order valence-electron chi connectivity index (χ3n) is 3.08. The lowest BCUT2D eigenvalue weighted by Crippen LogP contribution is -2.13. The van der Waals surface area contributed by atoms with Crippen molar-refractivity contribution in [3.63, 3.8) is 0 Å². The fourth-order valence-electron chi connectivity index (χ4n) is 1.79. The average molecular weight is 267 g/mol. The van der Waals surface area contributed by atoms with E-state index in [-0.39, 0.29) is 11.4 Å². The lowest BCUT2D eigenvalue weighted by atomic mass is 10.1. The topological polar surface area (TPSA) is 78.1 Å². The van der Waals surface area contributed by atoms with Gasteiger partial charge >= 0.3 is 5.97 Å². The summed E-state index contributed by atoms with van der Waals surface area (Å²) in [7, 11) is 1.43. The summed E-state index contributed by atoms with van der Waals surface area (Å²) in [5.74, 6) is 1.04. The molecule has 0 radical (unpaired) electrons. The number of ether oxygens (including phenoxy) is 1. The van der Waals surface area contributed by atoms with Gasteiger partial charge in [-0.05, 0) is 31.2 Å². The van der Waals surface area contributed by atoms with Gasteiger partial charge in [-0.1, -0.05) is 0 Å². The molecule has 1 aromatic heterocycles. The van der Waals surface area contributed by atoms with Crippen molar-refractivity contribution >= 4 is 23.7 Å². The molecule has 2 N–H and O–H groups in total. The van der Waals surface area contributed by atoms with Crippen molar-refractivity contribution in [1.82, 2.24) is 9.97 Å². The zero-order valence-corrected chi connectivity index (χ0v) is 11.4. The number of methoxy groups -OCH3 is 1. The molecule has 18 heavy (non-hydrogen) atoms. The quantitative estimate of drug-likeness (QED) is 0.498. The number of rotatable bonds is 5. The summed E-state index contributed by atoms with van der Waals surface area (Å²) in [5, 5.41) is 0.871. The second-order valence-electron chi connectivity index (χ2n) is 4.75. The fourth-order valence-corrected chi connectivity index (χ4v) is 3.05. The number of hydrogen-bond donors (Lipinski definition) is 1. The largest absolute Gasteiger partial charge is 0.469 e. The molecule has 1 aliphatic rings. The monoisotopic (exact) mass is 267 g/mol. The smallest absolute Gasteiger partial charge is 0.306 e. The number of hydrogen-bond acceptors (Lipinski definition) is 6. The van der Waals surface area contributed by atoms with Crippen LogP contribution in [-0.2, 0) is 9.53 Å². The van der Waals surface area contributed by atoms with Crippen LogP contribution in [0.15, 0.2) is 11.1 Å². The molecule has 1 aliphatic carbocycles. The summed E-state index contributed by atoms with van der Waals surface area (Å²) in [6.45, 7) is 1.89. The zero-order valence-electron chi connectivity index (χ0n) is 10.6. The Morgan fingerprint density at radius 3 is 2.83 bits per heavy atom. The van der Waals surface area contributed by atoms with E-state index in [1.807, 2.05) is 13.0 Å². The van der Waals surface area contributed by atoms with E-state index in [9.17, 15) is 4.79 Å². The fraction of sp³-hybridized carbons (Fsp3) is 0.583. The second-order valence-corrected chi connectivity index (χ2v) is 5.74. The highest BCUT2D eigenvalue weighted by Crippen LogP contribution is 2.52. The Bertz CT molecular complexity index is 440. The zero-order chi connectivity index (χ0) is 13.2. The van der Waals surface area contributed by atoms with Crippen molar-refractivity contribution in [2.24, 2.45) is 5.41 Å². The number of aromatic nitrogens is 2. The van der Waals surface area contributed by atoms with E-state index < -0.39 is 0 Å². The normalized spacial score (nSPS) is 16.3. The molecule has 0 saturated heterocycles. The Hall–Kier alpha value is -1.30. The Balaban J connectivity index is 1.93. The van der Waals surface area contributed by atoms with E-state index in [0.29, 0.717) is 12.4 Å². The van der Waals surface area contributed by atoms with Gasteiger partial charge in [-0.25, -0.2) is 9.97 Å². The highest BCUT2D eigenvalue weighted by Gasteiger charge is 2.44. The minimum Gasteiger partial charge on any atom is -0.469 e. The van der Waals surface area contributed by atoms with Gasteiger partial charge in [0.1, 0.15) is 5.03 Å². The maximum absolute atomic E-state index is 11.3. The third kappa shape index (κ3) is 3.35. The number of nitrogens with two attached hydrogens (primary N) is 1. The predicted molar refractivity (Wildman–Crippen MR) is 70.2 cm³/mol. The van der Waals surface area contributed by atoms with Crippen LogP contribution >= 0.6 is 11.8 Å². The van der Waals surface area contributed by atoms with Crippen LogP contribution in [0.25, 0.3) is 0 Å². The van der Waals surface area contributed by atoms with Gasteiger partial charge in [0.2, 0.25) is 5.95 Å². The molecule has 1 heterocycles. The first kappa shape index (κ1) is 13.1. The minimum absolute atomic E-state index is 0.103. The Morgan fingerprint density at radius 1 is 1.56 bits per heavy atom. The second kappa shape index (κ2) is 5.14. The molecule has 0 aromatic carbocycles. The number of carbonyl (C=O) groups is 1. The van der Waals surface area contributed by atoms with E-state index in [4.69, 9.17) is 10.5 Å². The van der Waals surface area contributed by atoms with Gasteiger partial charge in [0.15, 0.2) is 0 Å². The Morgan fingerprint density at radius 2 is 2.28 bits per heavy atom. The summed E-state index contributed by atoms with van der Waals surface area (Å²) in [6.07, 6.45) is 2.65. The lowest BCUT2D eigenvalue weighted by molar-refractivity contribution is -0.141. The predicted octanol–water partition coefficient (Wildman–Crippen LogP) is 1.80. The van der Waals surface area contributed by atoms with Crippen LogP contribution in [0, 0.1) is 12.3 Å². The number of nitrogens with zero attached hydrogens (tertiary/aromatic N) is 2. The van der Waals surface area contributed by atoms with Crippen LogP contribution in [0.3, 0.4) is 0 Å². The van der Waals surface area contributed by atoms with Crippen LogP contribution in [0.4, 0.5) is 5.95 Å². The molecule has 1 fully saturated rings. The standard InChI is InChI=1S/C12H17N3O2S/c1-8-5-9(15-11(13)14-8)18-7-12(3-4-12)6-10(16)17-2/h5H,3-4,6-7H2,1-2H3,(H2,13,14,15). The average Bonchev–Trinajstić information content (AvgIpc) is 3.05. The first-order chi connectivity index (χ1) is 8.53. The van der Waals surface area contributed by atoms with E-state index in [0.717, 1.165) is 29.3 Å². The van der Waals surface area contributed by atoms with E-state index in [2.05, 4.69) is 9.97 Å². The van der Waals surface area contributed by atoms with Gasteiger partial charge < -0.3 is 10.5 Å². The van der Waals surface area contributed by atoms with Crippen LogP contribution < -0.4 is 5.73 Å². The van der Waals surface area contributed by atoms with Crippen molar-refractivity contribution in [2.75, 3.05) is 18.6 Å². The summed E-state index contributed by atoms with van der Waals surface area (Å²) in [4.78, 5) is 19.5. The van der Waals surface area contributed by atoms with Crippen LogP contribution in [0.1, 0.15) is 25.0 Å². The molecule has 0 spiro atoms. The molecule has 5 nitrogen and oxygen atoms in total. The van der Waals surface area contributed by atoms with Crippen molar-refractivity contribution in [2.45, 2.75) is 31.2 Å². The highest BCUT2D eigenvalue weighted by molar-refractivity contribution is 7.99. The molecular formula is C12H17N3O2S. The molecule has 0 atom stereocenters. The van der Waals surface area contributed by atoms with Crippen molar-refractivity contribution < 1.29 is 9.53 Å². The number of nitrogen functional groups attached to an aromatic ring is 1. The Kier molecular flexibility index (Phi) is 3.75. The van der Waals surface area contributed by atoms with Crippen LogP contribution in [-0.4, -0.2) is 28.8 Å². The highest BCUT2D eigenvalue weighted by atomic mass is 32.2. The third-order valence-corrected chi connectivity index (χ3v) is 4.34. The first-order valence-corrected chi connectivity index (χ1v) is 6.82. The number of thioether (sulfide) groups is 1. The maximum atomic E-state index is 11.3. The number of carbonyl (C=O) groups excluding carboxylic acids is 1. The van der Waals surface area contributed by atoms with Crippen molar-refractivity contribution in [3.8, 4) is 0 Å². The molecule has 1 saturated carbocycles. The number of esters is 1. The van der Waals surface area contributed by atoms with E-state index in [1.54, 1.807) is 11.8 Å². The molecule has 0 aliphatic heterocycles. The summed E-state index contributed by atoms with van der Waals surface area (Å²) < 4.78 is 4.72. The molecule has 98 valence electrons. The van der Waals surface area contributed by atoms with Gasteiger partial charge in [0.25, 0.3) is 0 Å². The molecule has 2 rings (SSSR count). The van der Waals surface area contributed by atoms with Crippen molar-refractivity contribution in [1.29, 1.82) is 0 Å². The summed E-state index contributed by atoms with van der Waals surface area (Å²) in [6, 6.07) is 1.91.